The number of amides is 1. The summed E-state index contributed by atoms with van der Waals surface area (Å²) >= 11 is 0. The zero-order valence-electron chi connectivity index (χ0n) is 16.2. The zero-order valence-corrected chi connectivity index (χ0v) is 16.2. The number of likely N-dealkylation sites (tertiary alicyclic amines) is 1. The third-order valence-electron chi connectivity index (χ3n) is 6.11. The molecule has 0 radical (unpaired) electrons. The summed E-state index contributed by atoms with van der Waals surface area (Å²) in [7, 11) is 3.37. The lowest BCUT2D eigenvalue weighted by atomic mass is 9.81. The number of methoxy groups -OCH3 is 2. The number of carbonyl (C=O) groups excluding carboxylic acids is 1. The predicted octanol–water partition coefficient (Wildman–Crippen LogP) is 3.55. The summed E-state index contributed by atoms with van der Waals surface area (Å²) in [5, 5.41) is 0.947. The molecule has 2 aliphatic rings. The zero-order chi connectivity index (χ0) is 19.0. The maximum atomic E-state index is 13.1. The third kappa shape index (κ3) is 3.11. The van der Waals surface area contributed by atoms with Crippen molar-refractivity contribution in [2.75, 3.05) is 33.9 Å². The lowest BCUT2D eigenvalue weighted by Gasteiger charge is -2.47. The number of fused-ring (bicyclic) bond motifs is 1. The van der Waals surface area contributed by atoms with Crippen molar-refractivity contribution in [1.29, 1.82) is 0 Å². The normalized spacial score (nSPS) is 22.3. The van der Waals surface area contributed by atoms with Crippen LogP contribution in [0, 0.1) is 6.92 Å². The number of piperidine rings is 1. The number of benzene rings is 1. The number of furan rings is 1. The first-order valence-corrected chi connectivity index (χ1v) is 9.61. The molecule has 3 heterocycles. The summed E-state index contributed by atoms with van der Waals surface area (Å²) in [6.45, 7) is 4.01. The van der Waals surface area contributed by atoms with Crippen LogP contribution in [0.4, 0.5) is 0 Å². The molecular formula is C21H27NO5. The highest BCUT2D eigenvalue weighted by Gasteiger charge is 2.45. The molecule has 2 fully saturated rings. The second kappa shape index (κ2) is 7.17. The first-order chi connectivity index (χ1) is 13.1. The smallest absolute Gasteiger partial charge is 0.289 e. The highest BCUT2D eigenvalue weighted by atomic mass is 16.5. The van der Waals surface area contributed by atoms with Crippen molar-refractivity contribution in [1.82, 2.24) is 4.90 Å². The number of hydrogen-bond acceptors (Lipinski definition) is 5. The lowest BCUT2D eigenvalue weighted by molar-refractivity contribution is -0.183. The van der Waals surface area contributed by atoms with Crippen LogP contribution in [0.15, 0.2) is 22.6 Å². The Morgan fingerprint density at radius 3 is 2.74 bits per heavy atom. The fraction of sp³-hybridized carbons (Fsp3) is 0.571. The van der Waals surface area contributed by atoms with Crippen molar-refractivity contribution in [3.05, 3.63) is 29.5 Å². The van der Waals surface area contributed by atoms with Gasteiger partial charge in [0.15, 0.2) is 5.76 Å². The molecule has 146 valence electrons. The minimum Gasteiger partial charge on any atom is -0.497 e. The molecule has 0 saturated carbocycles. The number of hydrogen-bond donors (Lipinski definition) is 0. The monoisotopic (exact) mass is 373 g/mol. The average Bonchev–Trinajstić information content (AvgIpc) is 3.04. The van der Waals surface area contributed by atoms with Crippen molar-refractivity contribution in [3.8, 4) is 5.75 Å². The summed E-state index contributed by atoms with van der Waals surface area (Å²) in [6.07, 6.45) is 3.76. The second-order valence-corrected chi connectivity index (χ2v) is 7.49. The SMILES string of the molecule is COc1ccc2c(C)c(C(=O)N3CCC4(CC3)OCCCC4OC)oc2c1. The van der Waals surface area contributed by atoms with Gasteiger partial charge in [0.25, 0.3) is 5.91 Å². The van der Waals surface area contributed by atoms with Gasteiger partial charge in [-0.1, -0.05) is 0 Å². The molecule has 2 aliphatic heterocycles. The second-order valence-electron chi connectivity index (χ2n) is 7.49. The van der Waals surface area contributed by atoms with Gasteiger partial charge in [0.1, 0.15) is 11.3 Å². The Balaban J connectivity index is 1.53. The molecule has 0 aliphatic carbocycles. The minimum atomic E-state index is -0.250. The van der Waals surface area contributed by atoms with Crippen LogP contribution in [-0.4, -0.2) is 56.4 Å². The summed E-state index contributed by atoms with van der Waals surface area (Å²) in [5.41, 5.74) is 1.31. The largest absolute Gasteiger partial charge is 0.497 e. The average molecular weight is 373 g/mol. The Kier molecular flexibility index (Phi) is 4.86. The molecule has 1 aromatic heterocycles. The number of rotatable bonds is 3. The number of nitrogens with zero attached hydrogens (tertiary/aromatic N) is 1. The standard InChI is InChI=1S/C21H27NO5/c1-14-16-7-6-15(24-2)13-17(16)27-19(14)20(23)22-10-8-21(9-11-22)18(25-3)5-4-12-26-21/h6-7,13,18H,4-5,8-12H2,1-3H3. The van der Waals surface area contributed by atoms with Crippen molar-refractivity contribution in [2.45, 2.75) is 44.3 Å². The fourth-order valence-electron chi connectivity index (χ4n) is 4.47. The number of aryl methyl sites for hydroxylation is 1. The van der Waals surface area contributed by atoms with Gasteiger partial charge >= 0.3 is 0 Å². The molecule has 4 rings (SSSR count). The first-order valence-electron chi connectivity index (χ1n) is 9.61. The van der Waals surface area contributed by atoms with Crippen LogP contribution >= 0.6 is 0 Å². The molecule has 2 saturated heterocycles. The van der Waals surface area contributed by atoms with Crippen LogP contribution in [0.1, 0.15) is 41.8 Å². The van der Waals surface area contributed by atoms with Gasteiger partial charge in [0, 0.05) is 43.8 Å². The lowest BCUT2D eigenvalue weighted by Crippen LogP contribution is -2.56. The number of ether oxygens (including phenoxy) is 3. The molecule has 6 nitrogen and oxygen atoms in total. The molecule has 1 aromatic carbocycles. The number of carbonyl (C=O) groups is 1. The molecule has 2 aromatic rings. The quantitative estimate of drug-likeness (QED) is 0.823. The van der Waals surface area contributed by atoms with Crippen molar-refractivity contribution in [3.63, 3.8) is 0 Å². The van der Waals surface area contributed by atoms with E-state index in [2.05, 4.69) is 0 Å². The molecule has 6 heteroatoms. The Morgan fingerprint density at radius 1 is 1.26 bits per heavy atom. The van der Waals surface area contributed by atoms with E-state index < -0.39 is 0 Å². The van der Waals surface area contributed by atoms with Crippen LogP contribution in [0.3, 0.4) is 0 Å². The van der Waals surface area contributed by atoms with E-state index in [-0.39, 0.29) is 17.6 Å². The van der Waals surface area contributed by atoms with Crippen molar-refractivity contribution < 1.29 is 23.4 Å². The third-order valence-corrected chi connectivity index (χ3v) is 6.11. The van der Waals surface area contributed by atoms with E-state index in [1.54, 1.807) is 14.2 Å². The van der Waals surface area contributed by atoms with E-state index in [0.717, 1.165) is 49.0 Å². The van der Waals surface area contributed by atoms with E-state index in [1.165, 1.54) is 0 Å². The highest BCUT2D eigenvalue weighted by Crippen LogP contribution is 2.37. The van der Waals surface area contributed by atoms with Gasteiger partial charge in [-0.3, -0.25) is 4.79 Å². The van der Waals surface area contributed by atoms with Gasteiger partial charge in [-0.05, 0) is 44.7 Å². The molecule has 1 amide bonds. The van der Waals surface area contributed by atoms with Gasteiger partial charge in [-0.25, -0.2) is 0 Å². The van der Waals surface area contributed by atoms with Crippen LogP contribution < -0.4 is 4.74 Å². The van der Waals surface area contributed by atoms with Gasteiger partial charge in [-0.15, -0.1) is 0 Å². The maximum absolute atomic E-state index is 13.1. The maximum Gasteiger partial charge on any atom is 0.289 e. The summed E-state index contributed by atoms with van der Waals surface area (Å²) in [5.74, 6) is 1.08. The van der Waals surface area contributed by atoms with Gasteiger partial charge in [0.05, 0.1) is 18.8 Å². The molecule has 27 heavy (non-hydrogen) atoms. The van der Waals surface area contributed by atoms with Crippen molar-refractivity contribution >= 4 is 16.9 Å². The summed E-state index contributed by atoms with van der Waals surface area (Å²) < 4.78 is 23.0. The first kappa shape index (κ1) is 18.3. The van der Waals surface area contributed by atoms with E-state index in [0.29, 0.717) is 24.4 Å². The van der Waals surface area contributed by atoms with E-state index >= 15 is 0 Å². The van der Waals surface area contributed by atoms with E-state index in [4.69, 9.17) is 18.6 Å². The molecule has 1 atom stereocenters. The van der Waals surface area contributed by atoms with E-state index in [1.807, 2.05) is 30.0 Å². The van der Waals surface area contributed by atoms with E-state index in [9.17, 15) is 4.79 Å². The fourth-order valence-corrected chi connectivity index (χ4v) is 4.47. The Bertz CT molecular complexity index is 834. The predicted molar refractivity (Wildman–Crippen MR) is 101 cm³/mol. The van der Waals surface area contributed by atoms with Gasteiger partial charge in [-0.2, -0.15) is 0 Å². The highest BCUT2D eigenvalue weighted by molar-refractivity contribution is 5.99. The van der Waals surface area contributed by atoms with Gasteiger partial charge < -0.3 is 23.5 Å². The van der Waals surface area contributed by atoms with Crippen LogP contribution in [0.25, 0.3) is 11.0 Å². The summed E-state index contributed by atoms with van der Waals surface area (Å²) in [4.78, 5) is 15.0. The van der Waals surface area contributed by atoms with Crippen molar-refractivity contribution in [2.24, 2.45) is 0 Å². The minimum absolute atomic E-state index is 0.0534. The van der Waals surface area contributed by atoms with Crippen LogP contribution in [-0.2, 0) is 9.47 Å². The van der Waals surface area contributed by atoms with Gasteiger partial charge in [0.2, 0.25) is 0 Å². The van der Waals surface area contributed by atoms with Crippen LogP contribution in [0.2, 0.25) is 0 Å². The Morgan fingerprint density at radius 2 is 2.04 bits per heavy atom. The molecule has 0 N–H and O–H groups in total. The molecule has 1 spiro atoms. The Labute approximate surface area is 159 Å². The molecule has 1 unspecified atom stereocenters. The van der Waals surface area contributed by atoms with Crippen LogP contribution in [0.5, 0.6) is 5.75 Å². The Hall–Kier alpha value is -2.05. The molecule has 0 bridgehead atoms. The molecular weight excluding hydrogens is 346 g/mol. The summed E-state index contributed by atoms with van der Waals surface area (Å²) in [6, 6.07) is 5.65. The topological polar surface area (TPSA) is 61.1 Å².